The molecule has 0 aliphatic heterocycles. The lowest BCUT2D eigenvalue weighted by molar-refractivity contribution is -0.123. The highest BCUT2D eigenvalue weighted by molar-refractivity contribution is 9.10. The lowest BCUT2D eigenvalue weighted by atomic mass is 10.1. The summed E-state index contributed by atoms with van der Waals surface area (Å²) in [7, 11) is 0. The number of benzene rings is 2. The maximum absolute atomic E-state index is 11.9. The maximum Gasteiger partial charge on any atom is 0.243 e. The quantitative estimate of drug-likeness (QED) is 0.860. The number of carbonyl (C=O) groups excluding carboxylic acids is 2. The normalized spacial score (nSPS) is 10.1. The minimum Gasteiger partial charge on any atom is -0.347 e. The van der Waals surface area contributed by atoms with Crippen LogP contribution in [0.2, 0.25) is 0 Å². The van der Waals surface area contributed by atoms with Crippen LogP contribution in [-0.4, -0.2) is 18.4 Å². The van der Waals surface area contributed by atoms with E-state index in [4.69, 9.17) is 0 Å². The van der Waals surface area contributed by atoms with E-state index in [-0.39, 0.29) is 24.8 Å². The van der Waals surface area contributed by atoms with Crippen LogP contribution >= 0.6 is 15.9 Å². The van der Waals surface area contributed by atoms with E-state index in [1.54, 1.807) is 0 Å². The van der Waals surface area contributed by atoms with Crippen molar-refractivity contribution in [3.8, 4) is 0 Å². The number of carbonyl (C=O) groups is 2. The molecule has 114 valence electrons. The summed E-state index contributed by atoms with van der Waals surface area (Å²) in [6.07, 6.45) is 0.235. The third-order valence-electron chi connectivity index (χ3n) is 3.06. The van der Waals surface area contributed by atoms with Gasteiger partial charge in [-0.25, -0.2) is 0 Å². The van der Waals surface area contributed by atoms with Crippen molar-refractivity contribution in [1.82, 2.24) is 5.32 Å². The summed E-state index contributed by atoms with van der Waals surface area (Å²) in [5.74, 6) is -0.433. The van der Waals surface area contributed by atoms with Crippen LogP contribution in [0, 0.1) is 6.92 Å². The Labute approximate surface area is 138 Å². The highest BCUT2D eigenvalue weighted by atomic mass is 79.9. The van der Waals surface area contributed by atoms with Gasteiger partial charge in [-0.15, -0.1) is 0 Å². The fourth-order valence-electron chi connectivity index (χ4n) is 1.98. The third kappa shape index (κ3) is 5.00. The summed E-state index contributed by atoms with van der Waals surface area (Å²) < 4.78 is 0.884. The van der Waals surface area contributed by atoms with Gasteiger partial charge in [-0.1, -0.05) is 46.3 Å². The molecule has 2 amide bonds. The zero-order chi connectivity index (χ0) is 15.9. The molecule has 2 rings (SSSR count). The van der Waals surface area contributed by atoms with Gasteiger partial charge in [0, 0.05) is 10.2 Å². The van der Waals surface area contributed by atoms with E-state index in [9.17, 15) is 9.59 Å². The first-order valence-electron chi connectivity index (χ1n) is 6.91. The predicted octanol–water partition coefficient (Wildman–Crippen LogP) is 3.05. The third-order valence-corrected chi connectivity index (χ3v) is 3.83. The molecule has 2 aromatic rings. The van der Waals surface area contributed by atoms with Gasteiger partial charge in [-0.2, -0.15) is 0 Å². The largest absolute Gasteiger partial charge is 0.347 e. The molecule has 0 fully saturated rings. The SMILES string of the molecule is Cc1cccc(NC(=O)CNC(=O)Cc2ccccc2Br)c1. The molecule has 0 aliphatic carbocycles. The fraction of sp³-hybridized carbons (Fsp3) is 0.176. The van der Waals surface area contributed by atoms with Crippen LogP contribution in [0.4, 0.5) is 5.69 Å². The molecule has 4 nitrogen and oxygen atoms in total. The first kappa shape index (κ1) is 16.2. The van der Waals surface area contributed by atoms with Gasteiger partial charge in [-0.05, 0) is 36.2 Å². The number of halogens is 1. The molecular weight excluding hydrogens is 344 g/mol. The van der Waals surface area contributed by atoms with E-state index in [1.807, 2.05) is 55.5 Å². The molecule has 0 radical (unpaired) electrons. The second-order valence-corrected chi connectivity index (χ2v) is 5.82. The number of aryl methyl sites for hydroxylation is 1. The molecule has 2 aromatic carbocycles. The van der Waals surface area contributed by atoms with Crippen LogP contribution in [-0.2, 0) is 16.0 Å². The fourth-order valence-corrected chi connectivity index (χ4v) is 2.41. The Morgan fingerprint density at radius 1 is 1.05 bits per heavy atom. The van der Waals surface area contributed by atoms with Gasteiger partial charge < -0.3 is 10.6 Å². The van der Waals surface area contributed by atoms with Crippen molar-refractivity contribution in [2.24, 2.45) is 0 Å². The predicted molar refractivity (Wildman–Crippen MR) is 90.7 cm³/mol. The molecule has 0 saturated heterocycles. The average Bonchev–Trinajstić information content (AvgIpc) is 2.48. The van der Waals surface area contributed by atoms with Crippen molar-refractivity contribution in [3.63, 3.8) is 0 Å². The van der Waals surface area contributed by atoms with Crippen molar-refractivity contribution in [1.29, 1.82) is 0 Å². The van der Waals surface area contributed by atoms with E-state index in [0.717, 1.165) is 21.3 Å². The summed E-state index contributed by atoms with van der Waals surface area (Å²) >= 11 is 3.40. The number of rotatable bonds is 5. The van der Waals surface area contributed by atoms with Crippen molar-refractivity contribution >= 4 is 33.4 Å². The van der Waals surface area contributed by atoms with E-state index in [2.05, 4.69) is 26.6 Å². The lowest BCUT2D eigenvalue weighted by Gasteiger charge is -2.08. The zero-order valence-electron chi connectivity index (χ0n) is 12.2. The van der Waals surface area contributed by atoms with Gasteiger partial charge in [0.1, 0.15) is 0 Å². The van der Waals surface area contributed by atoms with Crippen molar-refractivity contribution in [2.75, 3.05) is 11.9 Å². The Morgan fingerprint density at radius 2 is 1.82 bits per heavy atom. The number of nitrogens with one attached hydrogen (secondary N) is 2. The van der Waals surface area contributed by atoms with Gasteiger partial charge in [0.25, 0.3) is 0 Å². The van der Waals surface area contributed by atoms with E-state index in [0.29, 0.717) is 0 Å². The Morgan fingerprint density at radius 3 is 2.55 bits per heavy atom. The van der Waals surface area contributed by atoms with E-state index < -0.39 is 0 Å². The molecule has 0 spiro atoms. The van der Waals surface area contributed by atoms with Crippen LogP contribution < -0.4 is 10.6 Å². The zero-order valence-corrected chi connectivity index (χ0v) is 13.8. The lowest BCUT2D eigenvalue weighted by Crippen LogP contribution is -2.33. The molecule has 22 heavy (non-hydrogen) atoms. The van der Waals surface area contributed by atoms with Gasteiger partial charge >= 0.3 is 0 Å². The van der Waals surface area contributed by atoms with E-state index >= 15 is 0 Å². The summed E-state index contributed by atoms with van der Waals surface area (Å²) in [6.45, 7) is 1.91. The van der Waals surface area contributed by atoms with E-state index in [1.165, 1.54) is 0 Å². The number of hydrogen-bond acceptors (Lipinski definition) is 2. The summed E-state index contributed by atoms with van der Waals surface area (Å²) in [5, 5.41) is 5.37. The highest BCUT2D eigenvalue weighted by Crippen LogP contribution is 2.16. The van der Waals surface area contributed by atoms with Crippen LogP contribution in [0.25, 0.3) is 0 Å². The molecule has 0 aromatic heterocycles. The standard InChI is InChI=1S/C17H17BrN2O2/c1-12-5-4-7-14(9-12)20-17(22)11-19-16(21)10-13-6-2-3-8-15(13)18/h2-9H,10-11H2,1H3,(H,19,21)(H,20,22). The van der Waals surface area contributed by atoms with Crippen molar-refractivity contribution in [3.05, 3.63) is 64.1 Å². The van der Waals surface area contributed by atoms with Crippen LogP contribution in [0.1, 0.15) is 11.1 Å². The Balaban J connectivity index is 1.81. The molecule has 2 N–H and O–H groups in total. The van der Waals surface area contributed by atoms with Crippen LogP contribution in [0.5, 0.6) is 0 Å². The molecule has 0 atom stereocenters. The molecule has 0 unspecified atom stereocenters. The first-order valence-corrected chi connectivity index (χ1v) is 7.70. The Bertz CT molecular complexity index is 686. The molecule has 0 saturated carbocycles. The smallest absolute Gasteiger partial charge is 0.243 e. The topological polar surface area (TPSA) is 58.2 Å². The van der Waals surface area contributed by atoms with Crippen molar-refractivity contribution in [2.45, 2.75) is 13.3 Å². The molecule has 5 heteroatoms. The minimum atomic E-state index is -0.244. The van der Waals surface area contributed by atoms with Gasteiger partial charge in [0.2, 0.25) is 11.8 Å². The van der Waals surface area contributed by atoms with Crippen molar-refractivity contribution < 1.29 is 9.59 Å². The molecular formula is C17H17BrN2O2. The van der Waals surface area contributed by atoms with Gasteiger partial charge in [0.05, 0.1) is 13.0 Å². The first-order chi connectivity index (χ1) is 10.5. The summed E-state index contributed by atoms with van der Waals surface area (Å²) in [5.41, 5.74) is 2.68. The number of amides is 2. The second kappa shape index (κ2) is 7.75. The van der Waals surface area contributed by atoms with Gasteiger partial charge in [0.15, 0.2) is 0 Å². The van der Waals surface area contributed by atoms with Crippen LogP contribution in [0.3, 0.4) is 0 Å². The molecule has 0 bridgehead atoms. The minimum absolute atomic E-state index is 0.0444. The highest BCUT2D eigenvalue weighted by Gasteiger charge is 2.08. The second-order valence-electron chi connectivity index (χ2n) is 4.96. The molecule has 0 heterocycles. The number of hydrogen-bond donors (Lipinski definition) is 2. The number of anilines is 1. The summed E-state index contributed by atoms with van der Waals surface area (Å²) in [4.78, 5) is 23.7. The van der Waals surface area contributed by atoms with Gasteiger partial charge in [-0.3, -0.25) is 9.59 Å². The molecule has 0 aliphatic rings. The Hall–Kier alpha value is -2.14. The monoisotopic (exact) mass is 360 g/mol. The summed E-state index contributed by atoms with van der Waals surface area (Å²) in [6, 6.07) is 15.0. The average molecular weight is 361 g/mol. The van der Waals surface area contributed by atoms with Crippen LogP contribution in [0.15, 0.2) is 53.0 Å². The maximum atomic E-state index is 11.9. The Kier molecular flexibility index (Phi) is 5.72.